The van der Waals surface area contributed by atoms with Gasteiger partial charge >= 0.3 is 5.97 Å². The summed E-state index contributed by atoms with van der Waals surface area (Å²) in [4.78, 5) is 15.7. The average Bonchev–Trinajstić information content (AvgIpc) is 2.88. The van der Waals surface area contributed by atoms with Crippen molar-refractivity contribution in [2.75, 3.05) is 7.11 Å². The highest BCUT2D eigenvalue weighted by molar-refractivity contribution is 9.10. The summed E-state index contributed by atoms with van der Waals surface area (Å²) in [6, 6.07) is 12.7. The van der Waals surface area contributed by atoms with E-state index in [0.29, 0.717) is 17.1 Å². The third-order valence-corrected chi connectivity index (χ3v) is 3.76. The molecule has 0 aliphatic rings. The van der Waals surface area contributed by atoms with E-state index in [9.17, 15) is 9.90 Å². The van der Waals surface area contributed by atoms with Crippen molar-refractivity contribution in [3.05, 3.63) is 52.8 Å². The molecular weight excluding hydrogens is 336 g/mol. The number of imidazole rings is 1. The molecule has 0 saturated heterocycles. The van der Waals surface area contributed by atoms with Gasteiger partial charge in [-0.3, -0.25) is 4.40 Å². The molecule has 0 spiro atoms. The van der Waals surface area contributed by atoms with Crippen LogP contribution in [0.2, 0.25) is 0 Å². The summed E-state index contributed by atoms with van der Waals surface area (Å²) in [5, 5.41) is 9.32. The van der Waals surface area contributed by atoms with Crippen molar-refractivity contribution in [3.8, 4) is 17.1 Å². The highest BCUT2D eigenvalue weighted by Crippen LogP contribution is 2.28. The maximum Gasteiger partial charge on any atom is 0.356 e. The molecule has 0 radical (unpaired) electrons. The highest BCUT2D eigenvalue weighted by atomic mass is 79.9. The second-order valence-corrected chi connectivity index (χ2v) is 5.20. The number of carboxylic acids is 1. The zero-order valence-electron chi connectivity index (χ0n) is 11.1. The maximum absolute atomic E-state index is 11.4. The number of carbonyl (C=O) groups is 1. The first-order chi connectivity index (χ1) is 10.1. The van der Waals surface area contributed by atoms with Crippen LogP contribution < -0.4 is 4.74 Å². The summed E-state index contributed by atoms with van der Waals surface area (Å²) in [5.74, 6) is 0.182. The number of pyridine rings is 1. The van der Waals surface area contributed by atoms with Crippen LogP contribution in [-0.4, -0.2) is 27.6 Å². The van der Waals surface area contributed by atoms with Crippen molar-refractivity contribution in [2.45, 2.75) is 0 Å². The van der Waals surface area contributed by atoms with Crippen LogP contribution in [0.5, 0.6) is 5.75 Å². The number of halogens is 1. The van der Waals surface area contributed by atoms with Crippen LogP contribution in [-0.2, 0) is 0 Å². The molecule has 6 heteroatoms. The summed E-state index contributed by atoms with van der Waals surface area (Å²) < 4.78 is 7.70. The minimum Gasteiger partial charge on any atom is -0.497 e. The van der Waals surface area contributed by atoms with Crippen molar-refractivity contribution in [3.63, 3.8) is 0 Å². The molecule has 3 rings (SSSR count). The summed E-state index contributed by atoms with van der Waals surface area (Å²) in [6.07, 6.45) is 0. The number of carboxylic acid groups (broad SMARTS) is 1. The minimum absolute atomic E-state index is 0.0223. The van der Waals surface area contributed by atoms with Gasteiger partial charge in [0.15, 0.2) is 5.69 Å². The number of rotatable bonds is 3. The Kier molecular flexibility index (Phi) is 3.39. The van der Waals surface area contributed by atoms with Crippen LogP contribution in [0.15, 0.2) is 47.1 Å². The number of benzene rings is 1. The number of methoxy groups -OCH3 is 1. The predicted octanol–water partition coefficient (Wildman–Crippen LogP) is 3.47. The SMILES string of the molecule is COc1cccc(-c2nc(C(=O)O)c3cccc(Br)n23)c1. The van der Waals surface area contributed by atoms with Gasteiger partial charge in [-0.2, -0.15) is 0 Å². The van der Waals surface area contributed by atoms with E-state index in [1.165, 1.54) is 0 Å². The Morgan fingerprint density at radius 2 is 2.05 bits per heavy atom. The molecule has 0 fully saturated rings. The number of aromatic nitrogens is 2. The quantitative estimate of drug-likeness (QED) is 0.737. The Morgan fingerprint density at radius 3 is 2.76 bits per heavy atom. The number of aromatic carboxylic acids is 1. The standard InChI is InChI=1S/C15H11BrN2O3/c1-21-10-5-2-4-9(8-10)14-17-13(15(19)20)11-6-3-7-12(16)18(11)14/h2-8H,1H3,(H,19,20). The zero-order chi connectivity index (χ0) is 15.0. The first-order valence-electron chi connectivity index (χ1n) is 6.16. The van der Waals surface area contributed by atoms with E-state index in [1.807, 2.05) is 30.3 Å². The fourth-order valence-corrected chi connectivity index (χ4v) is 2.72. The summed E-state index contributed by atoms with van der Waals surface area (Å²) >= 11 is 3.44. The van der Waals surface area contributed by atoms with Crippen molar-refractivity contribution in [1.29, 1.82) is 0 Å². The lowest BCUT2D eigenvalue weighted by Gasteiger charge is -2.05. The minimum atomic E-state index is -1.06. The van der Waals surface area contributed by atoms with E-state index >= 15 is 0 Å². The van der Waals surface area contributed by atoms with Crippen molar-refractivity contribution in [1.82, 2.24) is 9.38 Å². The largest absolute Gasteiger partial charge is 0.497 e. The normalized spacial score (nSPS) is 10.8. The third-order valence-electron chi connectivity index (χ3n) is 3.15. The maximum atomic E-state index is 11.4. The van der Waals surface area contributed by atoms with Crippen molar-refractivity contribution in [2.24, 2.45) is 0 Å². The number of fused-ring (bicyclic) bond motifs is 1. The topological polar surface area (TPSA) is 63.8 Å². The van der Waals surface area contributed by atoms with E-state index in [-0.39, 0.29) is 5.69 Å². The van der Waals surface area contributed by atoms with Crippen molar-refractivity contribution >= 4 is 27.4 Å². The predicted molar refractivity (Wildman–Crippen MR) is 81.8 cm³/mol. The van der Waals surface area contributed by atoms with E-state index < -0.39 is 5.97 Å². The molecule has 3 aromatic rings. The monoisotopic (exact) mass is 346 g/mol. The van der Waals surface area contributed by atoms with Crippen LogP contribution in [0, 0.1) is 0 Å². The summed E-state index contributed by atoms with van der Waals surface area (Å²) in [6.45, 7) is 0. The van der Waals surface area contributed by atoms with Crippen molar-refractivity contribution < 1.29 is 14.6 Å². The lowest BCUT2D eigenvalue weighted by molar-refractivity contribution is 0.0693. The number of ether oxygens (including phenoxy) is 1. The van der Waals surface area contributed by atoms with Gasteiger partial charge in [-0.1, -0.05) is 18.2 Å². The van der Waals surface area contributed by atoms with E-state index in [2.05, 4.69) is 20.9 Å². The lowest BCUT2D eigenvalue weighted by Crippen LogP contribution is -1.97. The van der Waals surface area contributed by atoms with Gasteiger partial charge in [-0.25, -0.2) is 9.78 Å². The Bertz CT molecular complexity index is 842. The zero-order valence-corrected chi connectivity index (χ0v) is 12.7. The molecule has 5 nitrogen and oxygen atoms in total. The Labute approximate surface area is 128 Å². The molecule has 2 heterocycles. The van der Waals surface area contributed by atoms with Gasteiger partial charge < -0.3 is 9.84 Å². The molecule has 21 heavy (non-hydrogen) atoms. The molecule has 0 aliphatic carbocycles. The van der Waals surface area contributed by atoms with Gasteiger partial charge in [0, 0.05) is 5.56 Å². The Hall–Kier alpha value is -2.34. The van der Waals surface area contributed by atoms with Gasteiger partial charge in [-0.15, -0.1) is 0 Å². The van der Waals surface area contributed by atoms with Gasteiger partial charge in [0.05, 0.1) is 17.2 Å². The molecule has 1 N–H and O–H groups in total. The van der Waals surface area contributed by atoms with E-state index in [0.717, 1.165) is 10.2 Å². The molecule has 0 saturated carbocycles. The third kappa shape index (κ3) is 2.27. The number of hydrogen-bond donors (Lipinski definition) is 1. The van der Waals surface area contributed by atoms with Crippen LogP contribution in [0.4, 0.5) is 0 Å². The molecule has 106 valence electrons. The van der Waals surface area contributed by atoms with Gasteiger partial charge in [0.1, 0.15) is 11.6 Å². The van der Waals surface area contributed by atoms with Crippen LogP contribution >= 0.6 is 15.9 Å². The molecule has 0 atom stereocenters. The lowest BCUT2D eigenvalue weighted by atomic mass is 10.2. The van der Waals surface area contributed by atoms with Crippen LogP contribution in [0.1, 0.15) is 10.5 Å². The highest BCUT2D eigenvalue weighted by Gasteiger charge is 2.19. The van der Waals surface area contributed by atoms with Gasteiger partial charge in [-0.05, 0) is 40.2 Å². The molecule has 1 aromatic carbocycles. The molecule has 2 aromatic heterocycles. The van der Waals surface area contributed by atoms with Gasteiger partial charge in [0.25, 0.3) is 0 Å². The number of nitrogens with zero attached hydrogens (tertiary/aromatic N) is 2. The second kappa shape index (κ2) is 5.21. The van der Waals surface area contributed by atoms with E-state index in [4.69, 9.17) is 4.74 Å². The molecular formula is C15H11BrN2O3. The molecule has 0 unspecified atom stereocenters. The smallest absolute Gasteiger partial charge is 0.356 e. The Balaban J connectivity index is 2.34. The molecule has 0 aliphatic heterocycles. The van der Waals surface area contributed by atoms with E-state index in [1.54, 1.807) is 23.6 Å². The first kappa shape index (κ1) is 13.6. The van der Waals surface area contributed by atoms with Crippen LogP contribution in [0.3, 0.4) is 0 Å². The second-order valence-electron chi connectivity index (χ2n) is 4.39. The fourth-order valence-electron chi connectivity index (χ4n) is 2.21. The summed E-state index contributed by atoms with van der Waals surface area (Å²) in [7, 11) is 1.58. The van der Waals surface area contributed by atoms with Gasteiger partial charge in [0.2, 0.25) is 0 Å². The molecule has 0 bridgehead atoms. The van der Waals surface area contributed by atoms with Crippen LogP contribution in [0.25, 0.3) is 16.9 Å². The number of hydrogen-bond acceptors (Lipinski definition) is 3. The fraction of sp³-hybridized carbons (Fsp3) is 0.0667. The average molecular weight is 347 g/mol. The first-order valence-corrected chi connectivity index (χ1v) is 6.96. The summed E-state index contributed by atoms with van der Waals surface area (Å²) in [5.41, 5.74) is 1.34. The Morgan fingerprint density at radius 1 is 1.29 bits per heavy atom. The molecule has 0 amide bonds.